The Morgan fingerprint density at radius 1 is 1.46 bits per heavy atom. The summed E-state index contributed by atoms with van der Waals surface area (Å²) < 4.78 is 0. The molecule has 2 aliphatic rings. The van der Waals surface area contributed by atoms with Crippen molar-refractivity contribution in [1.82, 2.24) is 5.32 Å². The first-order valence-electron chi connectivity index (χ1n) is 5.07. The van der Waals surface area contributed by atoms with Gasteiger partial charge in [-0.05, 0) is 37.0 Å². The van der Waals surface area contributed by atoms with E-state index in [9.17, 15) is 4.79 Å². The molecule has 0 aromatic rings. The molecular weight excluding hydrogens is 230 g/mol. The third-order valence-corrected chi connectivity index (χ3v) is 4.26. The molecule has 1 N–H and O–H groups in total. The van der Waals surface area contributed by atoms with E-state index in [1.165, 1.54) is 25.7 Å². The number of amides is 1. The van der Waals surface area contributed by atoms with Crippen molar-refractivity contribution in [1.29, 1.82) is 0 Å². The molecule has 2 saturated carbocycles. The first-order valence-corrected chi connectivity index (χ1v) is 6.19. The van der Waals surface area contributed by atoms with Gasteiger partial charge in [0.15, 0.2) is 0 Å². The Morgan fingerprint density at radius 2 is 2.15 bits per heavy atom. The van der Waals surface area contributed by atoms with Gasteiger partial charge in [-0.1, -0.05) is 15.9 Å². The lowest BCUT2D eigenvalue weighted by Crippen LogP contribution is -2.30. The first-order chi connectivity index (χ1) is 6.24. The second kappa shape index (κ2) is 3.60. The quantitative estimate of drug-likeness (QED) is 0.739. The van der Waals surface area contributed by atoms with Crippen LogP contribution in [0.4, 0.5) is 0 Å². The lowest BCUT2D eigenvalue weighted by molar-refractivity contribution is -0.121. The van der Waals surface area contributed by atoms with Crippen LogP contribution in [0.25, 0.3) is 0 Å². The molecule has 3 heteroatoms. The average molecular weight is 246 g/mol. The van der Waals surface area contributed by atoms with Crippen LogP contribution in [0.5, 0.6) is 0 Å². The lowest BCUT2D eigenvalue weighted by atomic mass is 10.1. The summed E-state index contributed by atoms with van der Waals surface area (Å²) in [4.78, 5) is 11.4. The smallest absolute Gasteiger partial charge is 0.220 e. The average Bonchev–Trinajstić information content (AvgIpc) is 2.98. The Labute approximate surface area is 87.6 Å². The minimum absolute atomic E-state index is 0.259. The molecule has 0 spiro atoms. The number of rotatable bonds is 5. The molecule has 0 saturated heterocycles. The molecule has 0 heterocycles. The fourth-order valence-corrected chi connectivity index (χ4v) is 2.24. The second-order valence-corrected chi connectivity index (χ2v) is 5.12. The van der Waals surface area contributed by atoms with E-state index in [2.05, 4.69) is 21.2 Å². The highest BCUT2D eigenvalue weighted by Crippen LogP contribution is 2.46. The topological polar surface area (TPSA) is 29.1 Å². The van der Waals surface area contributed by atoms with Gasteiger partial charge in [-0.3, -0.25) is 4.79 Å². The number of alkyl halides is 1. The van der Waals surface area contributed by atoms with Crippen molar-refractivity contribution in [3.63, 3.8) is 0 Å². The van der Waals surface area contributed by atoms with Crippen molar-refractivity contribution in [2.24, 2.45) is 11.3 Å². The number of hydrogen-bond donors (Lipinski definition) is 1. The van der Waals surface area contributed by atoms with Crippen molar-refractivity contribution < 1.29 is 4.79 Å². The molecule has 74 valence electrons. The van der Waals surface area contributed by atoms with Crippen molar-refractivity contribution in [3.05, 3.63) is 0 Å². The maximum absolute atomic E-state index is 11.4. The van der Waals surface area contributed by atoms with Gasteiger partial charge in [0.1, 0.15) is 0 Å². The van der Waals surface area contributed by atoms with Crippen LogP contribution in [0.15, 0.2) is 0 Å². The van der Waals surface area contributed by atoms with Gasteiger partial charge in [-0.15, -0.1) is 0 Å². The Hall–Kier alpha value is -0.0500. The Bertz CT molecular complexity index is 209. The molecule has 0 aromatic carbocycles. The van der Waals surface area contributed by atoms with Crippen LogP contribution in [0.2, 0.25) is 0 Å². The van der Waals surface area contributed by atoms with E-state index in [1.807, 2.05) is 0 Å². The zero-order valence-electron chi connectivity index (χ0n) is 7.81. The maximum atomic E-state index is 11.4. The Morgan fingerprint density at radius 3 is 2.62 bits per heavy atom. The summed E-state index contributed by atoms with van der Waals surface area (Å²) in [5, 5.41) is 4.07. The van der Waals surface area contributed by atoms with E-state index >= 15 is 0 Å². The molecule has 0 bridgehead atoms. The van der Waals surface area contributed by atoms with Crippen molar-refractivity contribution >= 4 is 21.8 Å². The molecular formula is C10H16BrNO. The third kappa shape index (κ3) is 2.70. The number of carbonyl (C=O) groups is 1. The van der Waals surface area contributed by atoms with Crippen LogP contribution in [-0.4, -0.2) is 17.8 Å². The maximum Gasteiger partial charge on any atom is 0.220 e. The zero-order chi connectivity index (χ0) is 9.31. The summed E-state index contributed by atoms with van der Waals surface area (Å²) >= 11 is 3.50. The van der Waals surface area contributed by atoms with Crippen LogP contribution in [-0.2, 0) is 4.79 Å². The molecule has 2 fully saturated rings. The van der Waals surface area contributed by atoms with E-state index in [0.717, 1.165) is 18.3 Å². The molecule has 2 rings (SSSR count). The summed E-state index contributed by atoms with van der Waals surface area (Å²) in [5.74, 6) is 0.967. The molecule has 0 unspecified atom stereocenters. The summed E-state index contributed by atoms with van der Waals surface area (Å²) in [6, 6.07) is 0. The summed E-state index contributed by atoms with van der Waals surface area (Å²) in [7, 11) is 0. The van der Waals surface area contributed by atoms with Crippen molar-refractivity contribution in [2.75, 3.05) is 11.9 Å². The Balaban J connectivity index is 1.63. The van der Waals surface area contributed by atoms with Gasteiger partial charge in [-0.25, -0.2) is 0 Å². The van der Waals surface area contributed by atoms with Crippen molar-refractivity contribution in [2.45, 2.75) is 32.1 Å². The number of hydrogen-bond acceptors (Lipinski definition) is 1. The van der Waals surface area contributed by atoms with E-state index in [4.69, 9.17) is 0 Å². The number of nitrogens with one attached hydrogen (secondary N) is 1. The van der Waals surface area contributed by atoms with Gasteiger partial charge in [-0.2, -0.15) is 0 Å². The van der Waals surface area contributed by atoms with Gasteiger partial charge in [0.2, 0.25) is 5.91 Å². The zero-order valence-corrected chi connectivity index (χ0v) is 9.40. The van der Waals surface area contributed by atoms with Gasteiger partial charge in [0.25, 0.3) is 0 Å². The molecule has 0 aliphatic heterocycles. The van der Waals surface area contributed by atoms with E-state index < -0.39 is 0 Å². The van der Waals surface area contributed by atoms with Gasteiger partial charge < -0.3 is 5.32 Å². The molecule has 0 atom stereocenters. The predicted molar refractivity (Wildman–Crippen MR) is 55.8 cm³/mol. The summed E-state index contributed by atoms with van der Waals surface area (Å²) in [6.45, 7) is 0.879. The van der Waals surface area contributed by atoms with Crippen LogP contribution < -0.4 is 5.32 Å². The lowest BCUT2D eigenvalue weighted by Gasteiger charge is -2.12. The molecule has 2 nitrogen and oxygen atoms in total. The monoisotopic (exact) mass is 245 g/mol. The van der Waals surface area contributed by atoms with Crippen LogP contribution in [0.1, 0.15) is 32.1 Å². The van der Waals surface area contributed by atoms with Gasteiger partial charge >= 0.3 is 0 Å². The van der Waals surface area contributed by atoms with Crippen LogP contribution in [0.3, 0.4) is 0 Å². The van der Waals surface area contributed by atoms with Crippen LogP contribution >= 0.6 is 15.9 Å². The standard InChI is InChI=1S/C10H16BrNO/c11-6-10(3-4-10)7-12-9(13)5-8-1-2-8/h8H,1-7H2,(H,12,13). The Kier molecular flexibility index (Phi) is 2.63. The highest BCUT2D eigenvalue weighted by Gasteiger charge is 2.41. The van der Waals surface area contributed by atoms with Gasteiger partial charge in [0, 0.05) is 18.3 Å². The highest BCUT2D eigenvalue weighted by molar-refractivity contribution is 9.09. The normalized spacial score (nSPS) is 24.1. The molecule has 2 aliphatic carbocycles. The summed E-state index contributed by atoms with van der Waals surface area (Å²) in [5.41, 5.74) is 0.416. The third-order valence-electron chi connectivity index (χ3n) is 3.07. The second-order valence-electron chi connectivity index (χ2n) is 4.56. The predicted octanol–water partition coefficient (Wildman–Crippen LogP) is 2.08. The van der Waals surface area contributed by atoms with E-state index in [0.29, 0.717) is 11.3 Å². The molecule has 0 aromatic heterocycles. The molecule has 1 amide bonds. The van der Waals surface area contributed by atoms with Gasteiger partial charge in [0.05, 0.1) is 0 Å². The minimum atomic E-state index is 0.259. The summed E-state index contributed by atoms with van der Waals surface area (Å²) in [6.07, 6.45) is 5.82. The minimum Gasteiger partial charge on any atom is -0.356 e. The molecule has 0 radical (unpaired) electrons. The van der Waals surface area contributed by atoms with E-state index in [-0.39, 0.29) is 5.91 Å². The van der Waals surface area contributed by atoms with E-state index in [1.54, 1.807) is 0 Å². The van der Waals surface area contributed by atoms with Crippen LogP contribution in [0, 0.1) is 11.3 Å². The first kappa shape index (κ1) is 9.50. The number of carbonyl (C=O) groups excluding carboxylic acids is 1. The largest absolute Gasteiger partial charge is 0.356 e. The SMILES string of the molecule is O=C(CC1CC1)NCC1(CBr)CC1. The highest BCUT2D eigenvalue weighted by atomic mass is 79.9. The molecule has 13 heavy (non-hydrogen) atoms. The van der Waals surface area contributed by atoms with Crippen molar-refractivity contribution in [3.8, 4) is 0 Å². The fourth-order valence-electron chi connectivity index (χ4n) is 1.48. The fraction of sp³-hybridized carbons (Fsp3) is 0.900. The number of halogens is 1.